The van der Waals surface area contributed by atoms with E-state index in [0.29, 0.717) is 0 Å². The average Bonchev–Trinajstić information content (AvgIpc) is 2.39. The number of hydrogen-bond acceptors (Lipinski definition) is 3. The summed E-state index contributed by atoms with van der Waals surface area (Å²) in [6, 6.07) is 1.51. The molecule has 1 amide bonds. The number of nitrogens with one attached hydrogen (secondary N) is 2. The Kier molecular flexibility index (Phi) is 4.02. The molecular weight excluding hydrogens is 232 g/mol. The highest BCUT2D eigenvalue weighted by atomic mass is 16.5. The van der Waals surface area contributed by atoms with Gasteiger partial charge in [0.1, 0.15) is 5.69 Å². The van der Waals surface area contributed by atoms with Gasteiger partial charge >= 0.3 is 0 Å². The molecule has 98 valence electrons. The van der Waals surface area contributed by atoms with Crippen LogP contribution in [0.4, 0.5) is 0 Å². The molecule has 0 unspecified atom stereocenters. The van der Waals surface area contributed by atoms with Crippen LogP contribution < -0.4 is 15.5 Å². The first-order valence-electron chi connectivity index (χ1n) is 6.28. The topological polar surface area (TPSA) is 71.2 Å². The third-order valence-corrected chi connectivity index (χ3v) is 3.28. The first-order chi connectivity index (χ1) is 8.70. The fourth-order valence-electron chi connectivity index (χ4n) is 2.26. The zero-order valence-electron chi connectivity index (χ0n) is 10.5. The highest BCUT2D eigenvalue weighted by Gasteiger charge is 2.17. The Bertz CT molecular complexity index is 475. The number of carbonyl (C=O) groups excluding carboxylic acids is 1. The minimum Gasteiger partial charge on any atom is -0.491 e. The number of pyridine rings is 1. The lowest BCUT2D eigenvalue weighted by atomic mass is 9.95. The Balaban J connectivity index is 2.04. The van der Waals surface area contributed by atoms with Gasteiger partial charge in [-0.3, -0.25) is 9.59 Å². The molecule has 1 aliphatic rings. The SMILES string of the molecule is COc1c[nH]c(C(=O)NC2CCCCC2)cc1=O. The quantitative estimate of drug-likeness (QED) is 0.852. The Morgan fingerprint density at radius 1 is 1.39 bits per heavy atom. The first kappa shape index (κ1) is 12.7. The second-order valence-electron chi connectivity index (χ2n) is 4.59. The minimum absolute atomic E-state index is 0.212. The van der Waals surface area contributed by atoms with Crippen LogP contribution in [0.25, 0.3) is 0 Å². The van der Waals surface area contributed by atoms with Crippen molar-refractivity contribution in [3.63, 3.8) is 0 Å². The maximum absolute atomic E-state index is 11.9. The molecule has 18 heavy (non-hydrogen) atoms. The lowest BCUT2D eigenvalue weighted by Crippen LogP contribution is -2.36. The minimum atomic E-state index is -0.287. The number of methoxy groups -OCH3 is 1. The molecule has 5 heteroatoms. The highest BCUT2D eigenvalue weighted by Crippen LogP contribution is 2.17. The molecule has 0 aliphatic heterocycles. The number of rotatable bonds is 3. The molecule has 0 saturated heterocycles. The number of H-pyrrole nitrogens is 1. The Morgan fingerprint density at radius 3 is 2.72 bits per heavy atom. The first-order valence-corrected chi connectivity index (χ1v) is 6.28. The third kappa shape index (κ3) is 2.91. The van der Waals surface area contributed by atoms with Crippen molar-refractivity contribution in [3.05, 3.63) is 28.2 Å². The van der Waals surface area contributed by atoms with Crippen molar-refractivity contribution >= 4 is 5.91 Å². The summed E-state index contributed by atoms with van der Waals surface area (Å²) in [5.74, 6) is -0.00845. The molecule has 1 aliphatic carbocycles. The molecular formula is C13H18N2O3. The summed E-state index contributed by atoms with van der Waals surface area (Å²) < 4.78 is 4.85. The smallest absolute Gasteiger partial charge is 0.268 e. The molecule has 1 heterocycles. The van der Waals surface area contributed by atoms with Crippen LogP contribution in [-0.4, -0.2) is 24.0 Å². The third-order valence-electron chi connectivity index (χ3n) is 3.28. The largest absolute Gasteiger partial charge is 0.491 e. The van der Waals surface area contributed by atoms with Crippen molar-refractivity contribution in [2.45, 2.75) is 38.1 Å². The van der Waals surface area contributed by atoms with Crippen LogP contribution >= 0.6 is 0 Å². The molecule has 0 bridgehead atoms. The fraction of sp³-hybridized carbons (Fsp3) is 0.538. The van der Waals surface area contributed by atoms with Gasteiger partial charge in [0.05, 0.1) is 7.11 Å². The molecule has 0 spiro atoms. The summed E-state index contributed by atoms with van der Waals surface area (Å²) in [7, 11) is 1.42. The van der Waals surface area contributed by atoms with Gasteiger partial charge in [0.2, 0.25) is 5.43 Å². The predicted octanol–water partition coefficient (Wildman–Crippen LogP) is 1.45. The molecule has 2 rings (SSSR count). The van der Waals surface area contributed by atoms with Gasteiger partial charge in [-0.25, -0.2) is 0 Å². The number of ether oxygens (including phenoxy) is 1. The lowest BCUT2D eigenvalue weighted by Gasteiger charge is -2.22. The lowest BCUT2D eigenvalue weighted by molar-refractivity contribution is 0.0922. The molecule has 1 saturated carbocycles. The maximum Gasteiger partial charge on any atom is 0.268 e. The van der Waals surface area contributed by atoms with Gasteiger partial charge in [-0.05, 0) is 12.8 Å². The second kappa shape index (κ2) is 5.71. The van der Waals surface area contributed by atoms with E-state index in [1.807, 2.05) is 0 Å². The molecule has 0 radical (unpaired) electrons. The average molecular weight is 250 g/mol. The number of amides is 1. The van der Waals surface area contributed by atoms with Gasteiger partial charge in [-0.2, -0.15) is 0 Å². The second-order valence-corrected chi connectivity index (χ2v) is 4.59. The molecule has 1 aromatic heterocycles. The standard InChI is InChI=1S/C13H18N2O3/c1-18-12-8-14-10(7-11(12)16)13(17)15-9-5-3-2-4-6-9/h7-9H,2-6H2,1H3,(H,14,16)(H,15,17). The summed E-state index contributed by atoms with van der Waals surface area (Å²) in [4.78, 5) is 26.3. The normalized spacial score (nSPS) is 16.3. The Labute approximate surface area is 106 Å². The van der Waals surface area contributed by atoms with E-state index in [1.54, 1.807) is 0 Å². The zero-order valence-corrected chi connectivity index (χ0v) is 10.5. The van der Waals surface area contributed by atoms with Gasteiger partial charge in [-0.15, -0.1) is 0 Å². The van der Waals surface area contributed by atoms with Crippen LogP contribution in [0.3, 0.4) is 0 Å². The van der Waals surface area contributed by atoms with Crippen molar-refractivity contribution in [3.8, 4) is 5.75 Å². The highest BCUT2D eigenvalue weighted by molar-refractivity contribution is 5.92. The van der Waals surface area contributed by atoms with E-state index in [2.05, 4.69) is 10.3 Å². The zero-order chi connectivity index (χ0) is 13.0. The van der Waals surface area contributed by atoms with E-state index in [-0.39, 0.29) is 28.8 Å². The Hall–Kier alpha value is -1.78. The van der Waals surface area contributed by atoms with E-state index in [0.717, 1.165) is 25.7 Å². The number of hydrogen-bond donors (Lipinski definition) is 2. The van der Waals surface area contributed by atoms with Crippen LogP contribution in [0.5, 0.6) is 5.75 Å². The molecule has 1 aromatic rings. The molecule has 0 aromatic carbocycles. The Morgan fingerprint density at radius 2 is 2.11 bits per heavy atom. The van der Waals surface area contributed by atoms with Gasteiger partial charge in [0, 0.05) is 18.3 Å². The van der Waals surface area contributed by atoms with Gasteiger partial charge in [-0.1, -0.05) is 19.3 Å². The van der Waals surface area contributed by atoms with Crippen LogP contribution in [0.15, 0.2) is 17.1 Å². The van der Waals surface area contributed by atoms with Crippen molar-refractivity contribution in [2.75, 3.05) is 7.11 Å². The summed E-state index contributed by atoms with van der Waals surface area (Å²) in [5.41, 5.74) is -0.00332. The molecule has 1 fully saturated rings. The van der Waals surface area contributed by atoms with E-state index in [1.165, 1.54) is 25.8 Å². The predicted molar refractivity (Wildman–Crippen MR) is 68.0 cm³/mol. The van der Waals surface area contributed by atoms with E-state index in [9.17, 15) is 9.59 Å². The number of aromatic nitrogens is 1. The van der Waals surface area contributed by atoms with Crippen molar-refractivity contribution in [1.82, 2.24) is 10.3 Å². The van der Waals surface area contributed by atoms with Crippen molar-refractivity contribution in [1.29, 1.82) is 0 Å². The fourth-order valence-corrected chi connectivity index (χ4v) is 2.26. The molecule has 2 N–H and O–H groups in total. The monoisotopic (exact) mass is 250 g/mol. The van der Waals surface area contributed by atoms with Crippen LogP contribution in [0.1, 0.15) is 42.6 Å². The molecule has 5 nitrogen and oxygen atoms in total. The summed E-state index contributed by atoms with van der Waals surface area (Å²) in [6.07, 6.45) is 7.01. The van der Waals surface area contributed by atoms with Gasteiger partial charge in [0.25, 0.3) is 5.91 Å². The van der Waals surface area contributed by atoms with Crippen LogP contribution in [0.2, 0.25) is 0 Å². The van der Waals surface area contributed by atoms with Crippen LogP contribution in [0, 0.1) is 0 Å². The van der Waals surface area contributed by atoms with Gasteiger partial charge in [0.15, 0.2) is 5.75 Å². The van der Waals surface area contributed by atoms with E-state index >= 15 is 0 Å². The van der Waals surface area contributed by atoms with E-state index < -0.39 is 0 Å². The van der Waals surface area contributed by atoms with E-state index in [4.69, 9.17) is 4.74 Å². The maximum atomic E-state index is 11.9. The molecule has 0 atom stereocenters. The van der Waals surface area contributed by atoms with Crippen molar-refractivity contribution in [2.24, 2.45) is 0 Å². The summed E-state index contributed by atoms with van der Waals surface area (Å²) in [6.45, 7) is 0. The number of aromatic amines is 1. The number of carbonyl (C=O) groups is 1. The van der Waals surface area contributed by atoms with Gasteiger partial charge < -0.3 is 15.0 Å². The van der Waals surface area contributed by atoms with Crippen molar-refractivity contribution < 1.29 is 9.53 Å². The summed E-state index contributed by atoms with van der Waals surface area (Å²) >= 11 is 0. The summed E-state index contributed by atoms with van der Waals surface area (Å²) in [5, 5.41) is 2.95. The van der Waals surface area contributed by atoms with Crippen LogP contribution in [-0.2, 0) is 0 Å².